The van der Waals surface area contributed by atoms with Gasteiger partial charge in [0.1, 0.15) is 0 Å². The van der Waals surface area contributed by atoms with Gasteiger partial charge in [-0.2, -0.15) is 0 Å². The summed E-state index contributed by atoms with van der Waals surface area (Å²) in [5.74, 6) is 0.660. The summed E-state index contributed by atoms with van der Waals surface area (Å²) in [5, 5.41) is 0. The van der Waals surface area contributed by atoms with Crippen LogP contribution >= 0.6 is 24.0 Å². The van der Waals surface area contributed by atoms with Crippen molar-refractivity contribution in [1.82, 2.24) is 4.90 Å². The SMILES string of the molecule is CCN(CC)C(N)=NCCc1c(C)cc(C)cc1C.I. The third-order valence-corrected chi connectivity index (χ3v) is 3.56. The summed E-state index contributed by atoms with van der Waals surface area (Å²) < 4.78 is 0. The lowest BCUT2D eigenvalue weighted by atomic mass is 9.97. The molecular formula is C16H28IN3. The van der Waals surface area contributed by atoms with Crippen molar-refractivity contribution >= 4 is 29.9 Å². The van der Waals surface area contributed by atoms with Crippen LogP contribution in [0.25, 0.3) is 0 Å². The Bertz CT molecular complexity index is 428. The number of halogens is 1. The highest BCUT2D eigenvalue weighted by Crippen LogP contribution is 2.16. The average molecular weight is 389 g/mol. The van der Waals surface area contributed by atoms with Crippen LogP contribution in [0.4, 0.5) is 0 Å². The number of aliphatic imine (C=N–C) groups is 1. The number of hydrogen-bond acceptors (Lipinski definition) is 1. The third-order valence-electron chi connectivity index (χ3n) is 3.56. The fourth-order valence-corrected chi connectivity index (χ4v) is 2.53. The van der Waals surface area contributed by atoms with E-state index in [0.29, 0.717) is 5.96 Å². The van der Waals surface area contributed by atoms with Crippen LogP contribution in [-0.2, 0) is 6.42 Å². The molecule has 1 aromatic carbocycles. The predicted molar refractivity (Wildman–Crippen MR) is 99.2 cm³/mol. The van der Waals surface area contributed by atoms with Gasteiger partial charge in [0.15, 0.2) is 5.96 Å². The molecule has 3 nitrogen and oxygen atoms in total. The first-order chi connectivity index (χ1) is 8.99. The minimum absolute atomic E-state index is 0. The van der Waals surface area contributed by atoms with Crippen LogP contribution in [0.2, 0.25) is 0 Å². The maximum absolute atomic E-state index is 5.98. The van der Waals surface area contributed by atoms with Crippen molar-refractivity contribution in [2.45, 2.75) is 41.0 Å². The largest absolute Gasteiger partial charge is 0.370 e. The molecule has 0 unspecified atom stereocenters. The van der Waals surface area contributed by atoms with Crippen molar-refractivity contribution in [2.24, 2.45) is 10.7 Å². The second kappa shape index (κ2) is 9.21. The summed E-state index contributed by atoms with van der Waals surface area (Å²) in [5.41, 5.74) is 11.4. The van der Waals surface area contributed by atoms with Crippen LogP contribution in [0.1, 0.15) is 36.1 Å². The summed E-state index contributed by atoms with van der Waals surface area (Å²) in [6, 6.07) is 4.47. The summed E-state index contributed by atoms with van der Waals surface area (Å²) in [7, 11) is 0. The number of hydrogen-bond donors (Lipinski definition) is 1. The Labute approximate surface area is 140 Å². The number of nitrogens with zero attached hydrogens (tertiary/aromatic N) is 2. The highest BCUT2D eigenvalue weighted by atomic mass is 127. The highest BCUT2D eigenvalue weighted by molar-refractivity contribution is 14.0. The summed E-state index contributed by atoms with van der Waals surface area (Å²) >= 11 is 0. The lowest BCUT2D eigenvalue weighted by molar-refractivity contribution is 0.458. The van der Waals surface area contributed by atoms with E-state index in [1.54, 1.807) is 0 Å². The average Bonchev–Trinajstić information content (AvgIpc) is 2.34. The molecule has 0 fully saturated rings. The highest BCUT2D eigenvalue weighted by Gasteiger charge is 2.05. The maximum atomic E-state index is 5.98. The van der Waals surface area contributed by atoms with Crippen molar-refractivity contribution in [3.05, 3.63) is 34.4 Å². The van der Waals surface area contributed by atoms with Gasteiger partial charge in [-0.05, 0) is 57.7 Å². The van der Waals surface area contributed by atoms with Crippen molar-refractivity contribution in [3.63, 3.8) is 0 Å². The first-order valence-corrected chi connectivity index (χ1v) is 7.11. The van der Waals surface area contributed by atoms with Gasteiger partial charge in [-0.15, -0.1) is 24.0 Å². The Morgan fingerprint density at radius 2 is 1.60 bits per heavy atom. The van der Waals surface area contributed by atoms with Crippen molar-refractivity contribution in [1.29, 1.82) is 0 Å². The van der Waals surface area contributed by atoms with Gasteiger partial charge in [0.05, 0.1) is 0 Å². The van der Waals surface area contributed by atoms with E-state index in [0.717, 1.165) is 26.1 Å². The van der Waals surface area contributed by atoms with E-state index in [2.05, 4.69) is 56.6 Å². The first-order valence-electron chi connectivity index (χ1n) is 7.11. The van der Waals surface area contributed by atoms with E-state index < -0.39 is 0 Å². The molecule has 0 amide bonds. The van der Waals surface area contributed by atoms with Crippen LogP contribution < -0.4 is 5.73 Å². The molecule has 114 valence electrons. The fraction of sp³-hybridized carbons (Fsp3) is 0.562. The molecular weight excluding hydrogens is 361 g/mol. The van der Waals surface area contributed by atoms with Gasteiger partial charge in [-0.3, -0.25) is 4.99 Å². The Kier molecular flexibility index (Phi) is 8.85. The Morgan fingerprint density at radius 1 is 1.10 bits per heavy atom. The number of aryl methyl sites for hydroxylation is 3. The number of nitrogens with two attached hydrogens (primary N) is 1. The van der Waals surface area contributed by atoms with Gasteiger partial charge in [-0.25, -0.2) is 0 Å². The lowest BCUT2D eigenvalue weighted by Crippen LogP contribution is -2.37. The Hall–Kier alpha value is -0.780. The van der Waals surface area contributed by atoms with Gasteiger partial charge in [0.2, 0.25) is 0 Å². The monoisotopic (exact) mass is 389 g/mol. The molecule has 1 rings (SSSR count). The molecule has 0 atom stereocenters. The van der Waals surface area contributed by atoms with Gasteiger partial charge < -0.3 is 10.6 Å². The molecule has 0 bridgehead atoms. The van der Waals surface area contributed by atoms with Gasteiger partial charge >= 0.3 is 0 Å². The molecule has 0 aliphatic carbocycles. The molecule has 4 heteroatoms. The van der Waals surface area contributed by atoms with Crippen LogP contribution in [0, 0.1) is 20.8 Å². The molecule has 1 aromatic rings. The third kappa shape index (κ3) is 5.31. The molecule has 0 heterocycles. The molecule has 0 aromatic heterocycles. The lowest BCUT2D eigenvalue weighted by Gasteiger charge is -2.19. The molecule has 0 spiro atoms. The molecule has 0 aliphatic rings. The molecule has 0 aliphatic heterocycles. The van der Waals surface area contributed by atoms with E-state index in [1.807, 2.05) is 0 Å². The second-order valence-electron chi connectivity index (χ2n) is 5.04. The number of guanidine groups is 1. The molecule has 0 saturated carbocycles. The number of rotatable bonds is 5. The van der Waals surface area contributed by atoms with E-state index in [1.165, 1.54) is 22.3 Å². The van der Waals surface area contributed by atoms with E-state index in [-0.39, 0.29) is 24.0 Å². The summed E-state index contributed by atoms with van der Waals surface area (Å²) in [6.45, 7) is 13.3. The summed E-state index contributed by atoms with van der Waals surface area (Å²) in [4.78, 5) is 6.56. The standard InChI is InChI=1S/C16H27N3.HI/c1-6-19(7-2)16(17)18-9-8-15-13(4)10-12(3)11-14(15)5;/h10-11H,6-9H2,1-5H3,(H2,17,18);1H. The van der Waals surface area contributed by atoms with E-state index in [9.17, 15) is 0 Å². The topological polar surface area (TPSA) is 41.6 Å². The molecule has 2 N–H and O–H groups in total. The molecule has 0 saturated heterocycles. The smallest absolute Gasteiger partial charge is 0.191 e. The number of benzene rings is 1. The van der Waals surface area contributed by atoms with E-state index >= 15 is 0 Å². The zero-order valence-corrected chi connectivity index (χ0v) is 15.7. The normalized spacial score (nSPS) is 11.2. The van der Waals surface area contributed by atoms with Crippen molar-refractivity contribution < 1.29 is 0 Å². The zero-order chi connectivity index (χ0) is 14.4. The van der Waals surface area contributed by atoms with Crippen molar-refractivity contribution in [3.8, 4) is 0 Å². The Balaban J connectivity index is 0.00000361. The van der Waals surface area contributed by atoms with E-state index in [4.69, 9.17) is 5.73 Å². The quantitative estimate of drug-likeness (QED) is 0.476. The Morgan fingerprint density at radius 3 is 2.05 bits per heavy atom. The summed E-state index contributed by atoms with van der Waals surface area (Å²) in [6.07, 6.45) is 0.958. The second-order valence-corrected chi connectivity index (χ2v) is 5.04. The van der Waals surface area contributed by atoms with Crippen LogP contribution in [-0.4, -0.2) is 30.5 Å². The van der Waals surface area contributed by atoms with Crippen LogP contribution in [0.15, 0.2) is 17.1 Å². The van der Waals surface area contributed by atoms with Crippen molar-refractivity contribution in [2.75, 3.05) is 19.6 Å². The van der Waals surface area contributed by atoms with Crippen LogP contribution in [0.5, 0.6) is 0 Å². The van der Waals surface area contributed by atoms with Crippen LogP contribution in [0.3, 0.4) is 0 Å². The van der Waals surface area contributed by atoms with Gasteiger partial charge in [0.25, 0.3) is 0 Å². The predicted octanol–water partition coefficient (Wildman–Crippen LogP) is 3.43. The van der Waals surface area contributed by atoms with Gasteiger partial charge in [0, 0.05) is 19.6 Å². The zero-order valence-electron chi connectivity index (χ0n) is 13.4. The molecule has 0 radical (unpaired) electrons. The molecule has 20 heavy (non-hydrogen) atoms. The minimum Gasteiger partial charge on any atom is -0.370 e. The maximum Gasteiger partial charge on any atom is 0.191 e. The first kappa shape index (κ1) is 19.2. The fourth-order valence-electron chi connectivity index (χ4n) is 2.53. The van der Waals surface area contributed by atoms with Gasteiger partial charge in [-0.1, -0.05) is 17.7 Å². The minimum atomic E-state index is 0.